The molecule has 14 nitrogen and oxygen atoms in total. The van der Waals surface area contributed by atoms with Crippen molar-refractivity contribution >= 4 is 34.5 Å². The number of hydrogen-bond acceptors (Lipinski definition) is 14. The lowest BCUT2D eigenvalue weighted by atomic mass is 9.87. The summed E-state index contributed by atoms with van der Waals surface area (Å²) < 4.78 is 27.4. The molecule has 16 heteroatoms. The van der Waals surface area contributed by atoms with Gasteiger partial charge in [-0.15, -0.1) is 22.7 Å². The molecule has 0 aliphatic carbocycles. The molecule has 0 spiro atoms. The van der Waals surface area contributed by atoms with E-state index in [1.165, 1.54) is 44.9 Å². The van der Waals surface area contributed by atoms with E-state index in [0.717, 1.165) is 75.8 Å². The molecule has 0 radical (unpaired) electrons. The number of rotatable bonds is 21. The average molecular weight is 1030 g/mol. The number of carbonyl (C=O) groups is 2. The van der Waals surface area contributed by atoms with Crippen LogP contribution in [0.3, 0.4) is 0 Å². The molecule has 0 fully saturated rings. The average Bonchev–Trinajstić information content (AvgIpc) is 4.24. The number of hydroxylamine groups is 1. The number of carbonyl (C=O) groups excluding carboxylic acids is 2. The molecule has 4 heterocycles. The van der Waals surface area contributed by atoms with Crippen LogP contribution in [0.2, 0.25) is 0 Å². The van der Waals surface area contributed by atoms with Crippen LogP contribution in [0.4, 0.5) is 0 Å². The van der Waals surface area contributed by atoms with E-state index in [1.54, 1.807) is 12.5 Å². The van der Waals surface area contributed by atoms with Crippen LogP contribution in [0.15, 0.2) is 126 Å². The first kappa shape index (κ1) is 52.5. The normalized spacial score (nSPS) is 12.9. The highest BCUT2D eigenvalue weighted by molar-refractivity contribution is 7.10. The summed E-state index contributed by atoms with van der Waals surface area (Å²) in [6.45, 7) is 15.5. The molecule has 1 atom stereocenters. The van der Waals surface area contributed by atoms with Gasteiger partial charge in [0.2, 0.25) is 13.6 Å². The summed E-state index contributed by atoms with van der Waals surface area (Å²) in [5.74, 6) is 3.46. The molecular formula is C57H64N6O8S2. The predicted molar refractivity (Wildman–Crippen MR) is 284 cm³/mol. The molecule has 0 bridgehead atoms. The van der Waals surface area contributed by atoms with Crippen molar-refractivity contribution in [1.82, 2.24) is 30.6 Å². The Kier molecular flexibility index (Phi) is 18.1. The van der Waals surface area contributed by atoms with E-state index in [4.69, 9.17) is 28.5 Å². The summed E-state index contributed by atoms with van der Waals surface area (Å²) in [5, 5.41) is 8.48. The lowest BCUT2D eigenvalue weighted by Gasteiger charge is -2.23. The number of nitrogens with zero attached hydrogens (tertiary/aromatic N) is 4. The number of aromatic nitrogens is 2. The zero-order chi connectivity index (χ0) is 51.2. The highest BCUT2D eigenvalue weighted by Gasteiger charge is 2.21. The van der Waals surface area contributed by atoms with Crippen molar-refractivity contribution < 1.29 is 38.1 Å². The van der Waals surface area contributed by atoms with E-state index < -0.39 is 0 Å². The largest absolute Gasteiger partial charge is 0.497 e. The van der Waals surface area contributed by atoms with Crippen LogP contribution in [0.25, 0.3) is 0 Å². The molecule has 5 aromatic carbocycles. The minimum atomic E-state index is -0.329. The Balaban J connectivity index is 0.000000197. The van der Waals surface area contributed by atoms with Crippen LogP contribution < -0.4 is 34.5 Å². The summed E-state index contributed by atoms with van der Waals surface area (Å²) in [5.41, 5.74) is 10.6. The van der Waals surface area contributed by atoms with Crippen molar-refractivity contribution in [3.05, 3.63) is 181 Å². The molecule has 1 unspecified atom stereocenters. The number of fused-ring (bicyclic) bond motifs is 2. The second-order valence-electron chi connectivity index (χ2n) is 19.0. The molecule has 2 N–H and O–H groups in total. The van der Waals surface area contributed by atoms with Gasteiger partial charge in [0.15, 0.2) is 23.0 Å². The third-order valence-corrected chi connectivity index (χ3v) is 13.8. The summed E-state index contributed by atoms with van der Waals surface area (Å²) in [6, 6.07) is 39.3. The Labute approximate surface area is 436 Å². The van der Waals surface area contributed by atoms with E-state index in [2.05, 4.69) is 112 Å². The van der Waals surface area contributed by atoms with Gasteiger partial charge in [0.25, 0.3) is 11.8 Å². The summed E-state index contributed by atoms with van der Waals surface area (Å²) >= 11 is 2.99. The van der Waals surface area contributed by atoms with Crippen LogP contribution in [0, 0.1) is 0 Å². The number of methoxy groups -OCH3 is 1. The van der Waals surface area contributed by atoms with E-state index in [9.17, 15) is 9.59 Å². The van der Waals surface area contributed by atoms with Gasteiger partial charge in [-0.1, -0.05) is 99.6 Å². The van der Waals surface area contributed by atoms with Crippen LogP contribution in [0.5, 0.6) is 28.7 Å². The van der Waals surface area contributed by atoms with Crippen LogP contribution >= 0.6 is 22.7 Å². The van der Waals surface area contributed by atoms with Gasteiger partial charge in [-0.05, 0) is 102 Å². The lowest BCUT2D eigenvalue weighted by molar-refractivity contribution is 0.0360. The number of nitrogens with one attached hydrogen (secondary N) is 2. The van der Waals surface area contributed by atoms with Gasteiger partial charge in [-0.3, -0.25) is 24.2 Å². The number of hydrogen-bond donors (Lipinski definition) is 2. The first-order valence-corrected chi connectivity index (χ1v) is 26.2. The van der Waals surface area contributed by atoms with Crippen LogP contribution in [-0.4, -0.2) is 64.9 Å². The van der Waals surface area contributed by atoms with Crippen molar-refractivity contribution in [2.75, 3.05) is 27.3 Å². The Morgan fingerprint density at radius 1 is 0.630 bits per heavy atom. The highest BCUT2D eigenvalue weighted by atomic mass is 32.1. The summed E-state index contributed by atoms with van der Waals surface area (Å²) in [6.07, 6.45) is 1.79. The number of amides is 2. The third kappa shape index (κ3) is 15.4. The van der Waals surface area contributed by atoms with Gasteiger partial charge in [-0.2, -0.15) is 0 Å². The SMILES string of the molecule is CCONC(=O)c1csc(CN(Cc2ccc(C(C)(C)C)cc2)Cc2ccc3c(c2)OCO3)n1.COc1ccc(CN(Cc2ccc3c(c2)OCO3)Cc2nc(C(=O)NC(C)CCc3ccccc3)cs2)cc1. The molecule has 2 aliphatic rings. The third-order valence-electron chi connectivity index (χ3n) is 12.2. The molecular weight excluding hydrogens is 961 g/mol. The molecule has 73 heavy (non-hydrogen) atoms. The molecule has 382 valence electrons. The Morgan fingerprint density at radius 2 is 1.12 bits per heavy atom. The minimum absolute atomic E-state index is 0.0560. The Hall–Kier alpha value is -6.82. The van der Waals surface area contributed by atoms with E-state index in [1.807, 2.05) is 73.8 Å². The van der Waals surface area contributed by atoms with Crippen LogP contribution in [0.1, 0.15) is 105 Å². The van der Waals surface area contributed by atoms with Crippen molar-refractivity contribution in [2.45, 2.75) is 98.2 Å². The van der Waals surface area contributed by atoms with Gasteiger partial charge in [0.05, 0.1) is 26.8 Å². The summed E-state index contributed by atoms with van der Waals surface area (Å²) in [7, 11) is 1.67. The fourth-order valence-electron chi connectivity index (χ4n) is 8.23. The molecule has 0 saturated heterocycles. The second kappa shape index (κ2) is 25.2. The van der Waals surface area contributed by atoms with Crippen molar-refractivity contribution in [3.63, 3.8) is 0 Å². The molecule has 2 aliphatic heterocycles. The first-order valence-electron chi connectivity index (χ1n) is 24.5. The van der Waals surface area contributed by atoms with Crippen LogP contribution in [-0.2, 0) is 55.9 Å². The standard InChI is InChI=1S/C31H33N3O4S.C26H31N3O4S/c1-22(8-9-23-6-4-3-5-7-23)32-31(35)27-20-39-30(33-27)19-34(17-24-10-13-26(36-2)14-11-24)18-25-12-15-28-29(16-25)38-21-37-28;1-5-33-28-25(30)21-16-34-24(27-21)15-29(13-18-6-9-20(10-7-18)26(2,3)4)14-19-8-11-22-23(12-19)32-17-31-22/h3-7,10-16,20,22H,8-9,17-19,21H2,1-2H3,(H,32,35);6-12,16H,5,13-15,17H2,1-4H3,(H,28,30). The van der Waals surface area contributed by atoms with Crippen molar-refractivity contribution in [3.8, 4) is 28.7 Å². The van der Waals surface area contributed by atoms with E-state index in [-0.39, 0.29) is 36.9 Å². The smallest absolute Gasteiger partial charge is 0.294 e. The van der Waals surface area contributed by atoms with E-state index in [0.29, 0.717) is 44.2 Å². The zero-order valence-corrected chi connectivity index (χ0v) is 44.0. The maximum atomic E-state index is 12.9. The van der Waals surface area contributed by atoms with Gasteiger partial charge in [0, 0.05) is 43.0 Å². The second-order valence-corrected chi connectivity index (χ2v) is 20.9. The lowest BCUT2D eigenvalue weighted by Crippen LogP contribution is -2.33. The Bertz CT molecular complexity index is 2890. The quantitative estimate of drug-likeness (QED) is 0.0661. The summed E-state index contributed by atoms with van der Waals surface area (Å²) in [4.78, 5) is 43.9. The minimum Gasteiger partial charge on any atom is -0.497 e. The number of aryl methyl sites for hydroxylation is 1. The maximum Gasteiger partial charge on any atom is 0.294 e. The van der Waals surface area contributed by atoms with E-state index >= 15 is 0 Å². The van der Waals surface area contributed by atoms with Gasteiger partial charge < -0.3 is 29.0 Å². The fraction of sp³-hybridized carbons (Fsp3) is 0.333. The Morgan fingerprint density at radius 3 is 1.64 bits per heavy atom. The van der Waals surface area contributed by atoms with Crippen molar-refractivity contribution in [2.24, 2.45) is 0 Å². The highest BCUT2D eigenvalue weighted by Crippen LogP contribution is 2.35. The number of thiazole rings is 2. The monoisotopic (exact) mass is 1020 g/mol. The zero-order valence-electron chi connectivity index (χ0n) is 42.4. The molecule has 7 aromatic rings. The van der Waals surface area contributed by atoms with Crippen molar-refractivity contribution in [1.29, 1.82) is 0 Å². The molecule has 0 saturated carbocycles. The van der Waals surface area contributed by atoms with Gasteiger partial charge in [-0.25, -0.2) is 15.4 Å². The molecule has 9 rings (SSSR count). The van der Waals surface area contributed by atoms with Gasteiger partial charge >= 0.3 is 0 Å². The van der Waals surface area contributed by atoms with Gasteiger partial charge in [0.1, 0.15) is 27.2 Å². The fourth-order valence-corrected chi connectivity index (χ4v) is 9.86. The molecule has 2 aromatic heterocycles. The maximum absolute atomic E-state index is 12.9. The predicted octanol–water partition coefficient (Wildman–Crippen LogP) is 10.9. The molecule has 2 amide bonds. The topological polar surface area (TPSA) is 146 Å². The number of benzene rings is 5. The number of ether oxygens (including phenoxy) is 5. The first-order chi connectivity index (χ1) is 35.4.